The fourth-order valence-electron chi connectivity index (χ4n) is 2.84. The van der Waals surface area contributed by atoms with Crippen molar-refractivity contribution in [1.82, 2.24) is 9.78 Å². The van der Waals surface area contributed by atoms with Crippen molar-refractivity contribution in [3.63, 3.8) is 0 Å². The minimum absolute atomic E-state index is 0.132. The molecule has 0 aliphatic heterocycles. The Labute approximate surface area is 132 Å². The van der Waals surface area contributed by atoms with Gasteiger partial charge in [0.25, 0.3) is 0 Å². The summed E-state index contributed by atoms with van der Waals surface area (Å²) in [6.45, 7) is 2.13. The predicted molar refractivity (Wildman–Crippen MR) is 81.7 cm³/mol. The van der Waals surface area contributed by atoms with Gasteiger partial charge in [-0.15, -0.1) is 0 Å². The van der Waals surface area contributed by atoms with Gasteiger partial charge in [0.1, 0.15) is 0 Å². The number of carboxylic acid groups (broad SMARTS) is 1. The second-order valence-electron chi connectivity index (χ2n) is 5.47. The number of halogens is 2. The molecule has 1 heterocycles. The maximum atomic E-state index is 11.4. The number of nitrogens with zero attached hydrogens (tertiary/aromatic N) is 2. The number of hydrogen-bond donors (Lipinski definition) is 1. The van der Waals surface area contributed by atoms with E-state index in [2.05, 4.69) is 12.0 Å². The first-order valence-corrected chi connectivity index (χ1v) is 7.52. The molecular weight excluding hydrogens is 311 g/mol. The summed E-state index contributed by atoms with van der Waals surface area (Å²) >= 11 is 12.1. The van der Waals surface area contributed by atoms with Crippen LogP contribution in [0.3, 0.4) is 0 Å². The summed E-state index contributed by atoms with van der Waals surface area (Å²) in [6, 6.07) is 5.12. The van der Waals surface area contributed by atoms with Crippen molar-refractivity contribution in [3.05, 3.63) is 45.2 Å². The minimum atomic E-state index is -0.993. The quantitative estimate of drug-likeness (QED) is 0.908. The standard InChI is InChI=1S/C15H14Cl2N2O2/c1-8-2-3-13-12(4-8)14(15(20)21)18-19(13)11-6-9(16)5-10(17)7-11/h5-8H,2-4H2,1H3,(H,20,21). The Bertz CT molecular complexity index is 704. The molecule has 0 radical (unpaired) electrons. The monoisotopic (exact) mass is 324 g/mol. The summed E-state index contributed by atoms with van der Waals surface area (Å²) in [7, 11) is 0. The first kappa shape index (κ1) is 14.4. The Morgan fingerprint density at radius 1 is 1.33 bits per heavy atom. The van der Waals surface area contributed by atoms with Crippen LogP contribution in [-0.4, -0.2) is 20.9 Å². The van der Waals surface area contributed by atoms with E-state index in [0.717, 1.165) is 30.5 Å². The van der Waals surface area contributed by atoms with Crippen LogP contribution in [0.15, 0.2) is 18.2 Å². The molecule has 0 saturated carbocycles. The number of benzene rings is 1. The molecule has 1 unspecified atom stereocenters. The lowest BCUT2D eigenvalue weighted by Crippen LogP contribution is -2.14. The van der Waals surface area contributed by atoms with Gasteiger partial charge in [-0.3, -0.25) is 0 Å². The van der Waals surface area contributed by atoms with E-state index in [1.54, 1.807) is 22.9 Å². The second kappa shape index (κ2) is 5.35. The van der Waals surface area contributed by atoms with Gasteiger partial charge in [-0.2, -0.15) is 5.10 Å². The van der Waals surface area contributed by atoms with E-state index in [-0.39, 0.29) is 5.69 Å². The number of rotatable bonds is 2. The zero-order valence-corrected chi connectivity index (χ0v) is 12.9. The average molecular weight is 325 g/mol. The molecule has 3 rings (SSSR count). The molecule has 0 amide bonds. The third kappa shape index (κ3) is 2.65. The van der Waals surface area contributed by atoms with Crippen LogP contribution in [0.2, 0.25) is 10.0 Å². The van der Waals surface area contributed by atoms with E-state index in [9.17, 15) is 9.90 Å². The molecule has 0 fully saturated rings. The van der Waals surface area contributed by atoms with Gasteiger partial charge in [-0.1, -0.05) is 30.1 Å². The highest BCUT2D eigenvalue weighted by atomic mass is 35.5. The first-order valence-electron chi connectivity index (χ1n) is 6.76. The Balaban J connectivity index is 2.19. The third-order valence-electron chi connectivity index (χ3n) is 3.81. The molecule has 1 atom stereocenters. The van der Waals surface area contributed by atoms with Crippen LogP contribution in [0.1, 0.15) is 35.1 Å². The minimum Gasteiger partial charge on any atom is -0.476 e. The largest absolute Gasteiger partial charge is 0.476 e. The number of carbonyl (C=O) groups is 1. The van der Waals surface area contributed by atoms with Gasteiger partial charge in [0.05, 0.1) is 5.69 Å². The molecule has 2 aromatic rings. The van der Waals surface area contributed by atoms with Crippen molar-refractivity contribution in [2.24, 2.45) is 5.92 Å². The van der Waals surface area contributed by atoms with Gasteiger partial charge < -0.3 is 5.11 Å². The summed E-state index contributed by atoms with van der Waals surface area (Å²) in [5.74, 6) is -0.525. The molecule has 1 aromatic carbocycles. The third-order valence-corrected chi connectivity index (χ3v) is 4.25. The molecule has 1 aromatic heterocycles. The van der Waals surface area contributed by atoms with Gasteiger partial charge >= 0.3 is 5.97 Å². The van der Waals surface area contributed by atoms with Crippen molar-refractivity contribution in [2.45, 2.75) is 26.2 Å². The maximum absolute atomic E-state index is 11.4. The van der Waals surface area contributed by atoms with E-state index in [1.807, 2.05) is 0 Å². The lowest BCUT2D eigenvalue weighted by Gasteiger charge is -2.19. The van der Waals surface area contributed by atoms with Gasteiger partial charge in [0, 0.05) is 21.3 Å². The second-order valence-corrected chi connectivity index (χ2v) is 6.34. The summed E-state index contributed by atoms with van der Waals surface area (Å²) in [5, 5.41) is 14.7. The van der Waals surface area contributed by atoms with Gasteiger partial charge in [0.15, 0.2) is 5.69 Å². The summed E-state index contributed by atoms with van der Waals surface area (Å²) in [5.41, 5.74) is 2.61. The lowest BCUT2D eigenvalue weighted by atomic mass is 9.87. The highest BCUT2D eigenvalue weighted by Crippen LogP contribution is 2.31. The van der Waals surface area contributed by atoms with Crippen LogP contribution in [0.25, 0.3) is 5.69 Å². The van der Waals surface area contributed by atoms with E-state index in [0.29, 0.717) is 21.7 Å². The molecule has 21 heavy (non-hydrogen) atoms. The first-order chi connectivity index (χ1) is 9.95. The summed E-state index contributed by atoms with van der Waals surface area (Å²) < 4.78 is 1.67. The Hall–Kier alpha value is -1.52. The normalized spacial score (nSPS) is 17.6. The Morgan fingerprint density at radius 3 is 2.62 bits per heavy atom. The van der Waals surface area contributed by atoms with Crippen LogP contribution in [0.4, 0.5) is 0 Å². The smallest absolute Gasteiger partial charge is 0.356 e. The van der Waals surface area contributed by atoms with E-state index in [4.69, 9.17) is 23.2 Å². The molecule has 0 saturated heterocycles. The van der Waals surface area contributed by atoms with Crippen LogP contribution in [-0.2, 0) is 12.8 Å². The topological polar surface area (TPSA) is 55.1 Å². The highest BCUT2D eigenvalue weighted by Gasteiger charge is 2.28. The van der Waals surface area contributed by atoms with Crippen molar-refractivity contribution in [3.8, 4) is 5.69 Å². The fourth-order valence-corrected chi connectivity index (χ4v) is 3.35. The zero-order valence-electron chi connectivity index (χ0n) is 11.4. The van der Waals surface area contributed by atoms with Crippen LogP contribution >= 0.6 is 23.2 Å². The highest BCUT2D eigenvalue weighted by molar-refractivity contribution is 6.34. The molecular formula is C15H14Cl2N2O2. The molecule has 6 heteroatoms. The van der Waals surface area contributed by atoms with Crippen molar-refractivity contribution < 1.29 is 9.90 Å². The SMILES string of the molecule is CC1CCc2c(c(C(=O)O)nn2-c2cc(Cl)cc(Cl)c2)C1. The Kier molecular flexibility index (Phi) is 3.68. The molecule has 0 bridgehead atoms. The number of aromatic nitrogens is 2. The zero-order chi connectivity index (χ0) is 15.1. The summed E-state index contributed by atoms with van der Waals surface area (Å²) in [4.78, 5) is 11.4. The van der Waals surface area contributed by atoms with E-state index >= 15 is 0 Å². The molecule has 110 valence electrons. The summed E-state index contributed by atoms with van der Waals surface area (Å²) in [6.07, 6.45) is 2.57. The number of aromatic carboxylic acids is 1. The molecule has 1 aliphatic rings. The van der Waals surface area contributed by atoms with E-state index in [1.165, 1.54) is 0 Å². The Morgan fingerprint density at radius 2 is 2.00 bits per heavy atom. The predicted octanol–water partition coefficient (Wildman–Crippen LogP) is 4.00. The molecule has 1 aliphatic carbocycles. The molecule has 4 nitrogen and oxygen atoms in total. The van der Waals surface area contributed by atoms with Crippen molar-refractivity contribution in [2.75, 3.05) is 0 Å². The number of hydrogen-bond acceptors (Lipinski definition) is 2. The van der Waals surface area contributed by atoms with Gasteiger partial charge in [-0.25, -0.2) is 9.48 Å². The number of carboxylic acids is 1. The average Bonchev–Trinajstić information content (AvgIpc) is 2.76. The molecule has 0 spiro atoms. The van der Waals surface area contributed by atoms with Gasteiger partial charge in [0.2, 0.25) is 0 Å². The molecule has 1 N–H and O–H groups in total. The van der Waals surface area contributed by atoms with Crippen LogP contribution in [0.5, 0.6) is 0 Å². The van der Waals surface area contributed by atoms with Gasteiger partial charge in [-0.05, 0) is 43.4 Å². The van der Waals surface area contributed by atoms with Crippen molar-refractivity contribution >= 4 is 29.2 Å². The van der Waals surface area contributed by atoms with E-state index < -0.39 is 5.97 Å². The van der Waals surface area contributed by atoms with Crippen LogP contribution < -0.4 is 0 Å². The fraction of sp³-hybridized carbons (Fsp3) is 0.333. The lowest BCUT2D eigenvalue weighted by molar-refractivity contribution is 0.0688. The van der Waals surface area contributed by atoms with Crippen molar-refractivity contribution in [1.29, 1.82) is 0 Å². The van der Waals surface area contributed by atoms with Crippen LogP contribution in [0, 0.1) is 5.92 Å². The maximum Gasteiger partial charge on any atom is 0.356 e. The number of fused-ring (bicyclic) bond motifs is 1.